The maximum atomic E-state index is 14.4. The molecule has 0 aromatic carbocycles. The molecule has 2 rings (SSSR count). The Morgan fingerprint density at radius 1 is 0.476 bits per heavy atom. The topological polar surface area (TPSA) is 568 Å². The van der Waals surface area contributed by atoms with Crippen LogP contribution in [0.5, 0.6) is 0 Å². The molecule has 0 aromatic rings. The van der Waals surface area contributed by atoms with Crippen LogP contribution in [0, 0.1) is 0 Å². The first-order valence-electron chi connectivity index (χ1n) is 28.8. The van der Waals surface area contributed by atoms with Gasteiger partial charge in [0.2, 0.25) is 53.2 Å². The lowest BCUT2D eigenvalue weighted by Crippen LogP contribution is -2.78. The molecule has 2 aliphatic heterocycles. The second kappa shape index (κ2) is 39.9. The molecule has 33 N–H and O–H groups in total. The summed E-state index contributed by atoms with van der Waals surface area (Å²) in [5.41, 5.74) is 50.4. The van der Waals surface area contributed by atoms with Crippen molar-refractivity contribution in [3.8, 4) is 0 Å². The number of hydrogen-bond donors (Lipinski definition) is 20. The molecule has 464 valence electrons. The van der Waals surface area contributed by atoms with E-state index in [1.165, 1.54) is 9.80 Å². The van der Waals surface area contributed by atoms with Crippen molar-refractivity contribution < 1.29 is 80.1 Å². The Morgan fingerprint density at radius 2 is 0.854 bits per heavy atom. The molecule has 0 unspecified atom stereocenters. The first kappa shape index (κ1) is 70.7. The van der Waals surface area contributed by atoms with Gasteiger partial charge in [0, 0.05) is 13.1 Å². The molecule has 0 bridgehead atoms. The van der Waals surface area contributed by atoms with Crippen LogP contribution in [0.15, 0.2) is 0 Å². The monoisotopic (exact) mass is 1170 g/mol. The first-order chi connectivity index (χ1) is 39.2. The van der Waals surface area contributed by atoms with Gasteiger partial charge in [0.25, 0.3) is 0 Å². The van der Waals surface area contributed by atoms with Crippen molar-refractivity contribution in [2.75, 3.05) is 65.4 Å². The van der Waals surface area contributed by atoms with Crippen molar-refractivity contribution in [2.24, 2.45) is 40.1 Å². The van der Waals surface area contributed by atoms with E-state index in [4.69, 9.17) is 40.1 Å². The predicted molar refractivity (Wildman–Crippen MR) is 299 cm³/mol. The summed E-state index contributed by atoms with van der Waals surface area (Å²) in [5.74, 6) is -5.81. The van der Waals surface area contributed by atoms with Crippen LogP contribution in [-0.2, 0) is 47.9 Å². The highest BCUT2D eigenvalue weighted by atomic mass is 16.2. The van der Waals surface area contributed by atoms with E-state index in [0.717, 1.165) is 6.42 Å². The van der Waals surface area contributed by atoms with E-state index in [0.29, 0.717) is 90.3 Å². The van der Waals surface area contributed by atoms with Crippen molar-refractivity contribution in [3.63, 3.8) is 0 Å². The van der Waals surface area contributed by atoms with Crippen molar-refractivity contribution in [1.82, 2.24) is 47.0 Å². The van der Waals surface area contributed by atoms with Crippen LogP contribution in [0.1, 0.15) is 122 Å². The molecule has 32 nitrogen and oxygen atoms in total. The van der Waals surface area contributed by atoms with E-state index in [2.05, 4.69) is 69.4 Å². The summed E-state index contributed by atoms with van der Waals surface area (Å²) < 4.78 is 0. The maximum absolute atomic E-state index is 14.4. The van der Waals surface area contributed by atoms with Crippen LogP contribution in [0.4, 0.5) is 0 Å². The number of nitrogens with zero attached hydrogens (tertiary/aromatic N) is 2. The Balaban J connectivity index is 2.33. The molecular formula is C50H100N22O10+6. The maximum Gasteiger partial charge on any atom is 0.338 e. The van der Waals surface area contributed by atoms with Crippen LogP contribution < -0.4 is 110 Å². The van der Waals surface area contributed by atoms with Gasteiger partial charge < -0.3 is 74.7 Å². The summed E-state index contributed by atoms with van der Waals surface area (Å²) >= 11 is 0. The van der Waals surface area contributed by atoms with Gasteiger partial charge in [-0.2, -0.15) is 0 Å². The Labute approximate surface area is 479 Å². The quantitative estimate of drug-likeness (QED) is 0.0117. The Bertz CT molecular complexity index is 2160. The van der Waals surface area contributed by atoms with Gasteiger partial charge in [0.05, 0.1) is 58.4 Å². The zero-order valence-corrected chi connectivity index (χ0v) is 47.8. The number of carbonyl (C=O) groups excluding carboxylic acids is 10. The van der Waals surface area contributed by atoms with Crippen LogP contribution in [0.3, 0.4) is 0 Å². The van der Waals surface area contributed by atoms with Crippen molar-refractivity contribution >= 4 is 77.3 Å². The van der Waals surface area contributed by atoms with E-state index in [1.54, 1.807) is 0 Å². The number of hydrogen-bond acceptors (Lipinski definition) is 11. The van der Waals surface area contributed by atoms with E-state index in [9.17, 15) is 47.9 Å². The normalized spacial score (nSPS) is 16.8. The molecule has 2 saturated heterocycles. The smallest absolute Gasteiger partial charge is 0.338 e. The van der Waals surface area contributed by atoms with Gasteiger partial charge >= 0.3 is 17.9 Å². The fraction of sp³-hybridized carbons (Fsp3) is 0.740. The highest BCUT2D eigenvalue weighted by Gasteiger charge is 2.41. The molecule has 9 amide bonds. The number of amides is 9. The highest BCUT2D eigenvalue weighted by molar-refractivity contribution is 5.98. The molecule has 82 heavy (non-hydrogen) atoms. The third-order valence-electron chi connectivity index (χ3n) is 13.9. The number of unbranched alkanes of at least 4 members (excludes halogenated alkanes) is 3. The molecular weight excluding hydrogens is 1070 g/mol. The Morgan fingerprint density at radius 3 is 1.29 bits per heavy atom. The van der Waals surface area contributed by atoms with Crippen molar-refractivity contribution in [2.45, 2.75) is 170 Å². The minimum absolute atomic E-state index is 0.0177. The van der Waals surface area contributed by atoms with E-state index >= 15 is 0 Å². The molecule has 0 spiro atoms. The molecule has 0 aromatic heterocycles. The molecule has 2 fully saturated rings. The molecule has 2 aliphatic rings. The lowest BCUT2D eigenvalue weighted by Gasteiger charge is -2.31. The molecule has 0 radical (unpaired) electrons. The number of rotatable bonds is 41. The lowest BCUT2D eigenvalue weighted by molar-refractivity contribution is -0.460. The second-order valence-corrected chi connectivity index (χ2v) is 20.6. The predicted octanol–water partition coefficient (Wildman–Crippen LogP) is -15.2. The third-order valence-corrected chi connectivity index (χ3v) is 13.9. The van der Waals surface area contributed by atoms with Gasteiger partial charge in [-0.25, -0.2) is 0 Å². The van der Waals surface area contributed by atoms with Crippen molar-refractivity contribution in [1.29, 1.82) is 0 Å². The summed E-state index contributed by atoms with van der Waals surface area (Å²) in [6.07, 6.45) is 7.86. The zero-order valence-electron chi connectivity index (χ0n) is 47.8. The number of guanidine groups is 3. The summed E-state index contributed by atoms with van der Waals surface area (Å²) in [6.45, 7) is 1.88. The standard InChI is InChI=1S/C50H94N22O10/c51-20-4-1-12-31(30-73)65-42(77)34(13-2-5-21-52)69-45(80)38-19-10-26-71(38)46(81)35(17-9-25-63-50(59)60)67-40(75)29-64-41(76)32(15-7-23-61-48(55)56)68-44(79)37-18-11-27-72(37)47(82)36(14-3-6-22-53)70-43(78)33(66-39(74)28-54)16-8-24-62-49(57)58/h30-38H,1-29,51-54H2,(H,64,76)(H,65,77)(H,66,74)(H,67,75)(H,68,79)(H,69,80)(H,70,78)(H4,55,56,61)(H4,57,58,62)(H4,59,60,63)/p+6/t31-,32-,33-,34-,35-,36-,37-,38-/m0/s1. The fourth-order valence-corrected chi connectivity index (χ4v) is 9.59. The summed E-state index contributed by atoms with van der Waals surface area (Å²) in [4.78, 5) is 147. The largest absolute Gasteiger partial charge is 0.358 e. The average molecular weight is 1170 g/mol. The average Bonchev–Trinajstić information content (AvgIpc) is 4.27. The number of aldehydes is 1. The molecule has 32 heteroatoms. The Hall–Kier alpha value is -7.45. The minimum atomic E-state index is -1.25. The second-order valence-electron chi connectivity index (χ2n) is 20.6. The summed E-state index contributed by atoms with van der Waals surface area (Å²) in [7, 11) is 0. The van der Waals surface area contributed by atoms with Crippen LogP contribution in [-0.4, -0.2) is 201 Å². The number of nitrogens with one attached hydrogen (secondary N) is 10. The number of nitrogens with two attached hydrogens (primary N) is 7. The minimum Gasteiger partial charge on any atom is -0.358 e. The fourth-order valence-electron chi connectivity index (χ4n) is 9.59. The van der Waals surface area contributed by atoms with Gasteiger partial charge in [-0.15, -0.1) is 0 Å². The molecule has 0 aliphatic carbocycles. The summed E-state index contributed by atoms with van der Waals surface area (Å²) in [6, 6.07) is -8.42. The molecule has 8 atom stereocenters. The number of quaternary nitrogens is 3. The van der Waals surface area contributed by atoms with Gasteiger partial charge in [-0.05, 0) is 122 Å². The highest BCUT2D eigenvalue weighted by Crippen LogP contribution is 2.22. The summed E-state index contributed by atoms with van der Waals surface area (Å²) in [5, 5.41) is 19.0. The first-order valence-corrected chi connectivity index (χ1v) is 28.8. The number of carbonyl (C=O) groups is 10. The third kappa shape index (κ3) is 26.9. The van der Waals surface area contributed by atoms with Gasteiger partial charge in [0.15, 0.2) is 0 Å². The molecule has 0 saturated carbocycles. The van der Waals surface area contributed by atoms with E-state index in [-0.39, 0.29) is 108 Å². The number of likely N-dealkylation sites (tertiary alicyclic amines) is 2. The lowest BCUT2D eigenvalue weighted by atomic mass is 10.0. The Kier molecular flexibility index (Phi) is 34.3. The van der Waals surface area contributed by atoms with Gasteiger partial charge in [-0.1, -0.05) is 0 Å². The van der Waals surface area contributed by atoms with E-state index < -0.39 is 108 Å². The van der Waals surface area contributed by atoms with Gasteiger partial charge in [-0.3, -0.25) is 92.5 Å². The van der Waals surface area contributed by atoms with E-state index in [1.807, 2.05) is 0 Å². The molecule has 2 heterocycles. The van der Waals surface area contributed by atoms with Crippen LogP contribution in [0.25, 0.3) is 0 Å². The zero-order chi connectivity index (χ0) is 61.0. The SMILES string of the molecule is NCC(=O)N[C@@H](CCC[NH+]=C(N)N)C(=O)N[C@@H](CCCC[NH3+])C(=O)N1CCC[C@H]1C(=O)N[C@@H](CCC[NH+]=C(N)N)C(=O)NCC(=O)N[C@@H](CCC[NH+]=C(N)N)C(=O)N1CCC[C@H]1C(=O)N[C@@H](CCCC[NH3+])C(=O)N[C@H](C=O)CCCC[NH3+]. The van der Waals surface area contributed by atoms with Crippen LogP contribution >= 0.6 is 0 Å². The van der Waals surface area contributed by atoms with Gasteiger partial charge in [0.1, 0.15) is 48.6 Å². The van der Waals surface area contributed by atoms with Crippen molar-refractivity contribution in [3.05, 3.63) is 0 Å². The van der Waals surface area contributed by atoms with Crippen LogP contribution in [0.2, 0.25) is 0 Å².